The van der Waals surface area contributed by atoms with E-state index in [1.165, 1.54) is 11.3 Å². The molecule has 0 N–H and O–H groups in total. The van der Waals surface area contributed by atoms with Gasteiger partial charge >= 0.3 is 0 Å². The molecule has 0 aromatic carbocycles. The van der Waals surface area contributed by atoms with E-state index >= 15 is 0 Å². The topological polar surface area (TPSA) is 17.1 Å². The van der Waals surface area contributed by atoms with Gasteiger partial charge in [-0.2, -0.15) is 0 Å². The minimum atomic E-state index is 0.485. The van der Waals surface area contributed by atoms with Crippen LogP contribution in [0.1, 0.15) is 46.6 Å². The fourth-order valence-corrected chi connectivity index (χ4v) is 4.62. The van der Waals surface area contributed by atoms with Crippen molar-refractivity contribution in [2.75, 3.05) is 0 Å². The number of hydrogen-bond acceptors (Lipinski definition) is 2. The van der Waals surface area contributed by atoms with E-state index in [0.29, 0.717) is 17.6 Å². The molecule has 3 rings (SSSR count). The zero-order valence-electron chi connectivity index (χ0n) is 9.30. The molecule has 1 fully saturated rings. The predicted molar refractivity (Wildman–Crippen MR) is 62.6 cm³/mol. The van der Waals surface area contributed by atoms with E-state index in [4.69, 9.17) is 0 Å². The summed E-state index contributed by atoms with van der Waals surface area (Å²) in [7, 11) is 0. The summed E-state index contributed by atoms with van der Waals surface area (Å²) in [5.74, 6) is 1.73. The third-order valence-electron chi connectivity index (χ3n) is 3.98. The molecule has 2 atom stereocenters. The maximum Gasteiger partial charge on any atom is 0.133 e. The molecule has 1 aromatic rings. The van der Waals surface area contributed by atoms with Gasteiger partial charge in [-0.1, -0.05) is 6.92 Å². The zero-order chi connectivity index (χ0) is 10.6. The number of thiophene rings is 1. The highest BCUT2D eigenvalue weighted by Crippen LogP contribution is 2.51. The maximum atomic E-state index is 11.5. The van der Waals surface area contributed by atoms with Crippen LogP contribution in [0.25, 0.3) is 0 Å². The van der Waals surface area contributed by atoms with Gasteiger partial charge in [0.15, 0.2) is 0 Å². The highest BCUT2D eigenvalue weighted by Gasteiger charge is 2.42. The number of carbonyl (C=O) groups excluding carboxylic acids is 1. The van der Waals surface area contributed by atoms with Crippen molar-refractivity contribution in [3.05, 3.63) is 20.9 Å². The Bertz CT molecular complexity index is 430. The van der Waals surface area contributed by atoms with Gasteiger partial charge in [0.1, 0.15) is 5.78 Å². The Morgan fingerprint density at radius 1 is 1.33 bits per heavy atom. The van der Waals surface area contributed by atoms with Crippen molar-refractivity contribution in [1.29, 1.82) is 0 Å². The van der Waals surface area contributed by atoms with E-state index in [1.54, 1.807) is 16.0 Å². The number of ketones is 1. The first-order valence-corrected chi connectivity index (χ1v) is 6.65. The Labute approximate surface area is 94.5 Å². The van der Waals surface area contributed by atoms with E-state index < -0.39 is 0 Å². The van der Waals surface area contributed by atoms with Crippen LogP contribution in [0.2, 0.25) is 0 Å². The second kappa shape index (κ2) is 3.18. The van der Waals surface area contributed by atoms with Crippen LogP contribution >= 0.6 is 11.3 Å². The highest BCUT2D eigenvalue weighted by molar-refractivity contribution is 7.12. The van der Waals surface area contributed by atoms with Crippen molar-refractivity contribution in [3.63, 3.8) is 0 Å². The third-order valence-corrected chi connectivity index (χ3v) is 5.29. The summed E-state index contributed by atoms with van der Waals surface area (Å²) in [6.45, 7) is 4.47. The molecule has 0 bridgehead atoms. The molecule has 1 nitrogen and oxygen atoms in total. The number of carbonyl (C=O) groups is 1. The molecule has 2 aliphatic rings. The quantitative estimate of drug-likeness (QED) is 0.710. The average molecular weight is 220 g/mol. The molecule has 1 heterocycles. The summed E-state index contributed by atoms with van der Waals surface area (Å²) in [5.41, 5.74) is 3.18. The van der Waals surface area contributed by atoms with Crippen molar-refractivity contribution in [3.8, 4) is 0 Å². The Hall–Kier alpha value is -0.630. The van der Waals surface area contributed by atoms with Crippen molar-refractivity contribution < 1.29 is 4.79 Å². The van der Waals surface area contributed by atoms with E-state index in [9.17, 15) is 4.79 Å². The Morgan fingerprint density at radius 2 is 2.13 bits per heavy atom. The number of rotatable bonds is 1. The summed E-state index contributed by atoms with van der Waals surface area (Å²) >= 11 is 1.96. The molecule has 15 heavy (non-hydrogen) atoms. The van der Waals surface area contributed by atoms with Crippen molar-refractivity contribution in [2.24, 2.45) is 5.92 Å². The summed E-state index contributed by atoms with van der Waals surface area (Å²) in [6, 6.07) is 0. The van der Waals surface area contributed by atoms with E-state index in [2.05, 4.69) is 13.8 Å². The largest absolute Gasteiger partial charge is 0.300 e. The van der Waals surface area contributed by atoms with Crippen molar-refractivity contribution in [2.45, 2.75) is 45.4 Å². The van der Waals surface area contributed by atoms with E-state index in [0.717, 1.165) is 19.3 Å². The van der Waals surface area contributed by atoms with Crippen LogP contribution in [0.3, 0.4) is 0 Å². The first-order valence-electron chi connectivity index (χ1n) is 5.83. The van der Waals surface area contributed by atoms with Crippen molar-refractivity contribution in [1.82, 2.24) is 0 Å². The number of aryl methyl sites for hydroxylation is 2. The van der Waals surface area contributed by atoms with Gasteiger partial charge in [-0.05, 0) is 42.7 Å². The number of Topliss-reactive ketones (excluding diaryl/α,β-unsaturated/α-hetero) is 1. The minimum absolute atomic E-state index is 0.485. The summed E-state index contributed by atoms with van der Waals surface area (Å²) in [6.07, 6.45) is 4.00. The van der Waals surface area contributed by atoms with Gasteiger partial charge in [0, 0.05) is 22.6 Å². The molecule has 2 heteroatoms. The van der Waals surface area contributed by atoms with Gasteiger partial charge in [0.2, 0.25) is 0 Å². The van der Waals surface area contributed by atoms with Crippen LogP contribution in [0.5, 0.6) is 0 Å². The molecule has 2 unspecified atom stereocenters. The molecule has 0 aliphatic heterocycles. The normalized spacial score (nSPS) is 28.3. The molecular weight excluding hydrogens is 204 g/mol. The Morgan fingerprint density at radius 3 is 2.87 bits per heavy atom. The van der Waals surface area contributed by atoms with Crippen LogP contribution in [0, 0.1) is 12.8 Å². The van der Waals surface area contributed by atoms with Crippen molar-refractivity contribution >= 4 is 17.1 Å². The minimum Gasteiger partial charge on any atom is -0.300 e. The first kappa shape index (κ1) is 9.59. The molecule has 0 spiro atoms. The fourth-order valence-electron chi connectivity index (χ4n) is 3.40. The van der Waals surface area contributed by atoms with Crippen LogP contribution < -0.4 is 0 Å². The Balaban J connectivity index is 2.08. The fraction of sp³-hybridized carbons (Fsp3) is 0.615. The van der Waals surface area contributed by atoms with Gasteiger partial charge in [-0.3, -0.25) is 4.79 Å². The van der Waals surface area contributed by atoms with E-state index in [-0.39, 0.29) is 0 Å². The molecule has 80 valence electrons. The first-order chi connectivity index (χ1) is 7.20. The molecule has 1 saturated carbocycles. The molecule has 0 radical (unpaired) electrons. The van der Waals surface area contributed by atoms with E-state index in [1.807, 2.05) is 11.3 Å². The van der Waals surface area contributed by atoms with Crippen LogP contribution in [0.15, 0.2) is 0 Å². The second-order valence-electron chi connectivity index (χ2n) is 4.84. The summed E-state index contributed by atoms with van der Waals surface area (Å²) < 4.78 is 0. The lowest BCUT2D eigenvalue weighted by atomic mass is 9.96. The van der Waals surface area contributed by atoms with Gasteiger partial charge in [-0.25, -0.2) is 0 Å². The van der Waals surface area contributed by atoms with Crippen LogP contribution in [0.4, 0.5) is 0 Å². The highest BCUT2D eigenvalue weighted by atomic mass is 32.1. The zero-order valence-corrected chi connectivity index (χ0v) is 10.1. The van der Waals surface area contributed by atoms with Gasteiger partial charge in [0.05, 0.1) is 0 Å². The Kier molecular flexibility index (Phi) is 2.03. The molecule has 0 amide bonds. The lowest BCUT2D eigenvalue weighted by molar-refractivity contribution is -0.117. The van der Waals surface area contributed by atoms with Crippen LogP contribution in [-0.4, -0.2) is 5.78 Å². The number of hydrogen-bond donors (Lipinski definition) is 0. The number of fused-ring (bicyclic) bond motifs is 3. The summed E-state index contributed by atoms with van der Waals surface area (Å²) in [4.78, 5) is 14.5. The van der Waals surface area contributed by atoms with Gasteiger partial charge in [0.25, 0.3) is 0 Å². The SMILES string of the molecule is CCc1sc(C)c2c1CC1CC(=O)CC21. The molecular formula is C13H16OS. The third kappa shape index (κ3) is 1.24. The van der Waals surface area contributed by atoms with Crippen LogP contribution in [-0.2, 0) is 17.6 Å². The molecule has 1 aromatic heterocycles. The van der Waals surface area contributed by atoms with Gasteiger partial charge < -0.3 is 0 Å². The molecule has 0 saturated heterocycles. The summed E-state index contributed by atoms with van der Waals surface area (Å²) in [5, 5.41) is 0. The predicted octanol–water partition coefficient (Wildman–Crippen LogP) is 3.24. The standard InChI is InChI=1S/C13H16OS/c1-3-12-11-5-8-4-9(14)6-10(8)13(11)7(2)15-12/h8,10H,3-6H2,1-2H3. The monoisotopic (exact) mass is 220 g/mol. The molecule has 2 aliphatic carbocycles. The smallest absolute Gasteiger partial charge is 0.133 e. The average Bonchev–Trinajstić information content (AvgIpc) is 2.76. The maximum absolute atomic E-state index is 11.5. The lowest BCUT2D eigenvalue weighted by Gasteiger charge is -2.08. The second-order valence-corrected chi connectivity index (χ2v) is 6.15. The van der Waals surface area contributed by atoms with Gasteiger partial charge in [-0.15, -0.1) is 11.3 Å². The lowest BCUT2D eigenvalue weighted by Crippen LogP contribution is -1.99.